The van der Waals surface area contributed by atoms with Gasteiger partial charge in [0.2, 0.25) is 0 Å². The first-order valence-corrected chi connectivity index (χ1v) is 9.26. The quantitative estimate of drug-likeness (QED) is 0.462. The molecule has 1 aliphatic rings. The molecule has 1 saturated heterocycles. The molecule has 0 saturated carbocycles. The number of benzene rings is 1. The standard InChI is InChI=1S/C15H21N2O6P/c1-11-6-3-4-7-12(11)23-24(21,16-10-14(18)22-2)13-8-5-9-17(20)15(13)19/h3-4,6-7,13,20H,5,8-10H2,1-2H3,(H,16,21)/p+1. The number of methoxy groups -OCH3 is 1. The smallest absolute Gasteiger partial charge is 0.329 e. The molecule has 2 rings (SSSR count). The predicted octanol–water partition coefficient (Wildman–Crippen LogP) is 0.960. The molecule has 2 unspecified atom stereocenters. The summed E-state index contributed by atoms with van der Waals surface area (Å²) in [6.45, 7) is 1.73. The lowest BCUT2D eigenvalue weighted by atomic mass is 10.1. The second-order valence-corrected chi connectivity index (χ2v) is 7.83. The van der Waals surface area contributed by atoms with E-state index >= 15 is 0 Å². The summed E-state index contributed by atoms with van der Waals surface area (Å²) in [5.74, 6) is -0.821. The highest BCUT2D eigenvalue weighted by molar-refractivity contribution is 7.59. The highest BCUT2D eigenvalue weighted by Crippen LogP contribution is 2.51. The Morgan fingerprint density at radius 1 is 1.46 bits per heavy atom. The van der Waals surface area contributed by atoms with Gasteiger partial charge in [-0.3, -0.25) is 14.2 Å². The van der Waals surface area contributed by atoms with Crippen molar-refractivity contribution in [3.8, 4) is 5.75 Å². The minimum absolute atomic E-state index is 0.288. The lowest BCUT2D eigenvalue weighted by Gasteiger charge is -2.31. The number of esters is 1. The molecule has 0 bridgehead atoms. The normalized spacial score (nSPS) is 20.4. The number of hydrogen-bond acceptors (Lipinski definition) is 5. The van der Waals surface area contributed by atoms with E-state index in [0.29, 0.717) is 18.6 Å². The summed E-state index contributed by atoms with van der Waals surface area (Å²) in [5, 5.41) is 11.0. The highest BCUT2D eigenvalue weighted by Gasteiger charge is 2.46. The molecule has 0 radical (unpaired) electrons. The number of amides is 1. The molecule has 2 atom stereocenters. The van der Waals surface area contributed by atoms with Gasteiger partial charge in [-0.2, -0.15) is 0 Å². The Morgan fingerprint density at radius 2 is 2.17 bits per heavy atom. The number of hydrogen-bond donors (Lipinski definition) is 1. The lowest BCUT2D eigenvalue weighted by molar-refractivity contribution is -0.169. The van der Waals surface area contributed by atoms with Crippen LogP contribution in [0.2, 0.25) is 0 Å². The van der Waals surface area contributed by atoms with Crippen molar-refractivity contribution in [1.29, 1.82) is 0 Å². The number of hydroxylamine groups is 2. The zero-order valence-corrected chi connectivity index (χ0v) is 14.5. The minimum Gasteiger partial charge on any atom is -0.468 e. The van der Waals surface area contributed by atoms with Gasteiger partial charge in [-0.25, -0.2) is 5.09 Å². The fraction of sp³-hybridized carbons (Fsp3) is 0.467. The Labute approximate surface area is 140 Å². The van der Waals surface area contributed by atoms with Gasteiger partial charge in [0.1, 0.15) is 18.0 Å². The van der Waals surface area contributed by atoms with Crippen LogP contribution in [0, 0.1) is 6.92 Å². The van der Waals surface area contributed by atoms with Gasteiger partial charge in [-0.15, -0.1) is 5.06 Å². The zero-order valence-electron chi connectivity index (χ0n) is 13.7. The summed E-state index contributed by atoms with van der Waals surface area (Å²) in [6, 6.07) is 6.98. The number of nitrogens with one attached hydrogen (secondary N) is 1. The fourth-order valence-corrected chi connectivity index (χ4v) is 4.64. The molecule has 3 N–H and O–H groups in total. The van der Waals surface area contributed by atoms with E-state index in [1.807, 2.05) is 6.07 Å². The topological polar surface area (TPSA) is 108 Å². The van der Waals surface area contributed by atoms with Gasteiger partial charge < -0.3 is 14.5 Å². The van der Waals surface area contributed by atoms with Crippen LogP contribution in [0.5, 0.6) is 5.75 Å². The lowest BCUT2D eigenvalue weighted by Crippen LogP contribution is -2.45. The molecule has 1 aromatic rings. The number of ether oxygens (including phenoxy) is 1. The van der Waals surface area contributed by atoms with Crippen molar-refractivity contribution in [2.75, 3.05) is 20.2 Å². The maximum absolute atomic E-state index is 13.4. The molecule has 0 spiro atoms. The third kappa shape index (κ3) is 4.14. The van der Waals surface area contributed by atoms with Crippen molar-refractivity contribution >= 4 is 19.4 Å². The van der Waals surface area contributed by atoms with Crippen molar-refractivity contribution in [3.05, 3.63) is 29.8 Å². The molecule has 1 aliphatic heterocycles. The maximum atomic E-state index is 13.4. The van der Waals surface area contributed by atoms with Gasteiger partial charge in [0.25, 0.3) is 0 Å². The highest BCUT2D eigenvalue weighted by atomic mass is 31.2. The molecular weight excluding hydrogens is 335 g/mol. The molecule has 0 aliphatic carbocycles. The first-order valence-electron chi connectivity index (χ1n) is 7.57. The number of carbonyl (C=O) groups excluding carboxylic acids is 2. The summed E-state index contributed by atoms with van der Waals surface area (Å²) in [7, 11) is -2.55. The maximum Gasteiger partial charge on any atom is 0.329 e. The average Bonchev–Trinajstić information content (AvgIpc) is 2.57. The molecule has 132 valence electrons. The van der Waals surface area contributed by atoms with Crippen LogP contribution < -0.4 is 9.61 Å². The largest absolute Gasteiger partial charge is 0.468 e. The Hall–Kier alpha value is -1.89. The van der Waals surface area contributed by atoms with Gasteiger partial charge in [-0.05, 0) is 31.4 Å². The molecule has 1 fully saturated rings. The zero-order chi connectivity index (χ0) is 17.7. The average molecular weight is 357 g/mol. The minimum atomic E-state index is -3.77. The van der Waals surface area contributed by atoms with Crippen molar-refractivity contribution in [2.24, 2.45) is 0 Å². The Morgan fingerprint density at radius 3 is 2.83 bits per heavy atom. The van der Waals surface area contributed by atoms with Gasteiger partial charge in [0.15, 0.2) is 0 Å². The molecular formula is C15H22N2O6P+. The van der Waals surface area contributed by atoms with Crippen LogP contribution in [0.3, 0.4) is 0 Å². The summed E-state index contributed by atoms with van der Waals surface area (Å²) < 4.78 is 23.6. The molecule has 1 aromatic carbocycles. The molecule has 8 nitrogen and oxygen atoms in total. The van der Waals surface area contributed by atoms with E-state index in [4.69, 9.17) is 9.73 Å². The van der Waals surface area contributed by atoms with Gasteiger partial charge in [-0.1, -0.05) is 18.2 Å². The van der Waals surface area contributed by atoms with E-state index in [1.165, 1.54) is 7.11 Å². The van der Waals surface area contributed by atoms with Crippen molar-refractivity contribution < 1.29 is 28.6 Å². The molecule has 9 heteroatoms. The number of carbonyl (C=O) groups is 2. The second kappa shape index (κ2) is 7.79. The van der Waals surface area contributed by atoms with Crippen molar-refractivity contribution in [1.82, 2.24) is 10.2 Å². The molecule has 0 aromatic heterocycles. The number of nitrogens with zero attached hydrogens (tertiary/aromatic N) is 1. The van der Waals surface area contributed by atoms with E-state index in [1.54, 1.807) is 25.1 Å². The van der Waals surface area contributed by atoms with Crippen LogP contribution in [-0.2, 0) is 18.9 Å². The van der Waals surface area contributed by atoms with Gasteiger partial charge in [0.05, 0.1) is 13.7 Å². The number of para-hydroxylation sites is 1. The molecule has 1 amide bonds. The first kappa shape index (κ1) is 18.4. The van der Waals surface area contributed by atoms with Crippen LogP contribution in [0.25, 0.3) is 0 Å². The van der Waals surface area contributed by atoms with E-state index in [2.05, 4.69) is 9.82 Å². The Kier molecular flexibility index (Phi) is 5.99. The van der Waals surface area contributed by atoms with Gasteiger partial charge in [0, 0.05) is 0 Å². The number of rotatable bonds is 6. The van der Waals surface area contributed by atoms with E-state index < -0.39 is 25.1 Å². The third-order valence-corrected chi connectivity index (χ3v) is 6.19. The van der Waals surface area contributed by atoms with Crippen LogP contribution in [-0.4, -0.2) is 48.0 Å². The molecule has 24 heavy (non-hydrogen) atoms. The van der Waals surface area contributed by atoms with Crippen LogP contribution >= 0.6 is 7.52 Å². The van der Waals surface area contributed by atoms with Gasteiger partial charge >= 0.3 is 19.4 Å². The fourth-order valence-electron chi connectivity index (χ4n) is 2.43. The third-order valence-electron chi connectivity index (χ3n) is 3.82. The van der Waals surface area contributed by atoms with Crippen molar-refractivity contribution in [3.63, 3.8) is 0 Å². The van der Waals surface area contributed by atoms with E-state index in [-0.39, 0.29) is 13.1 Å². The summed E-state index contributed by atoms with van der Waals surface area (Å²) in [4.78, 5) is 23.7. The number of piperidine rings is 1. The second-order valence-electron chi connectivity index (χ2n) is 5.51. The van der Waals surface area contributed by atoms with E-state index in [9.17, 15) is 14.2 Å². The first-order chi connectivity index (χ1) is 11.4. The monoisotopic (exact) mass is 357 g/mol. The number of aryl methyl sites for hydroxylation is 1. The summed E-state index contributed by atoms with van der Waals surface area (Å²) in [6.07, 6.45) is 0.868. The van der Waals surface area contributed by atoms with Crippen LogP contribution in [0.15, 0.2) is 24.3 Å². The predicted molar refractivity (Wildman–Crippen MR) is 87.8 cm³/mol. The van der Waals surface area contributed by atoms with Crippen LogP contribution in [0.1, 0.15) is 18.4 Å². The molecule has 1 heterocycles. The van der Waals surface area contributed by atoms with Crippen LogP contribution in [0.4, 0.5) is 0 Å². The summed E-state index contributed by atoms with van der Waals surface area (Å²) >= 11 is 0. The Balaban J connectivity index is 2.30. The SMILES string of the molecule is COC(=O)CNP(=O)(Oc1ccccc1C)C1CCCN([OH2+])C1=O. The van der Waals surface area contributed by atoms with E-state index in [0.717, 1.165) is 10.6 Å². The van der Waals surface area contributed by atoms with Crippen molar-refractivity contribution in [2.45, 2.75) is 25.4 Å². The summed E-state index contributed by atoms with van der Waals surface area (Å²) in [5.41, 5.74) is -0.253. The Bertz CT molecular complexity index is 665.